The molecule has 1 heterocycles. The van der Waals surface area contributed by atoms with E-state index in [2.05, 4.69) is 22.0 Å². The van der Waals surface area contributed by atoms with E-state index in [0.29, 0.717) is 5.03 Å². The number of nitrogens with zero attached hydrogens (tertiary/aromatic N) is 1. The molecule has 0 spiro atoms. The van der Waals surface area contributed by atoms with Gasteiger partial charge in [0.2, 0.25) is 0 Å². The first-order valence-electron chi connectivity index (χ1n) is 9.79. The number of allylic oxidation sites excluding steroid dienone is 1. The summed E-state index contributed by atoms with van der Waals surface area (Å²) in [5.41, 5.74) is 22.8. The number of halogens is 1. The first-order chi connectivity index (χ1) is 13.2. The number of hydrogen-bond acceptors (Lipinski definition) is 5. The van der Waals surface area contributed by atoms with E-state index in [1.54, 1.807) is 6.20 Å². The van der Waals surface area contributed by atoms with Gasteiger partial charge in [-0.2, -0.15) is 5.53 Å². The molecule has 0 saturated carbocycles. The minimum Gasteiger partial charge on any atom is -0.404 e. The first-order valence-corrected chi connectivity index (χ1v) is 10.2. The molecular formula is C21H30ClN5. The lowest BCUT2D eigenvalue weighted by Gasteiger charge is -2.25. The van der Waals surface area contributed by atoms with Crippen molar-refractivity contribution in [2.24, 2.45) is 11.5 Å². The molecule has 6 N–H and O–H groups in total. The largest absolute Gasteiger partial charge is 0.404 e. The van der Waals surface area contributed by atoms with Gasteiger partial charge in [-0.15, -0.1) is 0 Å². The molecule has 2 aliphatic rings. The average Bonchev–Trinajstić information content (AvgIpc) is 3.24. The minimum absolute atomic E-state index is 0.282. The van der Waals surface area contributed by atoms with Crippen molar-refractivity contribution < 1.29 is 0 Å². The molecule has 1 aromatic rings. The Morgan fingerprint density at radius 1 is 1.11 bits per heavy atom. The van der Waals surface area contributed by atoms with E-state index < -0.39 is 0 Å². The van der Waals surface area contributed by atoms with Crippen LogP contribution in [0.5, 0.6) is 0 Å². The predicted octanol–water partition coefficient (Wildman–Crippen LogP) is 3.37. The Labute approximate surface area is 167 Å². The Balaban J connectivity index is 1.88. The van der Waals surface area contributed by atoms with E-state index in [9.17, 15) is 0 Å². The Morgan fingerprint density at radius 2 is 1.85 bits per heavy atom. The summed E-state index contributed by atoms with van der Waals surface area (Å²) in [5, 5.41) is 2.71. The standard InChI is InChI=1S/C21H30ClN5/c22-19(18(15-23)20(24)16-9-3-1-4-10-16)21(17-11-5-2-6-12-17)25-26-27-13-7-8-14-27/h2,5-6,9,11-12,15,20,25-26H,1,3-4,7-8,10,13-14,23-24H2/b18-15+,21-19+. The zero-order chi connectivity index (χ0) is 19.1. The number of benzene rings is 1. The molecule has 146 valence electrons. The molecule has 6 heteroatoms. The molecule has 27 heavy (non-hydrogen) atoms. The van der Waals surface area contributed by atoms with Crippen LogP contribution in [-0.2, 0) is 0 Å². The van der Waals surface area contributed by atoms with E-state index in [1.165, 1.54) is 31.3 Å². The summed E-state index contributed by atoms with van der Waals surface area (Å²) in [6.45, 7) is 2.03. The topological polar surface area (TPSA) is 79.3 Å². The summed E-state index contributed by atoms with van der Waals surface area (Å²) in [6, 6.07) is 9.74. The van der Waals surface area contributed by atoms with Crippen molar-refractivity contribution >= 4 is 17.3 Å². The average molecular weight is 388 g/mol. The van der Waals surface area contributed by atoms with Gasteiger partial charge in [0.1, 0.15) is 0 Å². The van der Waals surface area contributed by atoms with E-state index in [-0.39, 0.29) is 6.04 Å². The molecule has 3 rings (SSSR count). The molecule has 1 aromatic carbocycles. The van der Waals surface area contributed by atoms with E-state index in [1.807, 2.05) is 30.3 Å². The van der Waals surface area contributed by atoms with Gasteiger partial charge in [-0.25, -0.2) is 5.01 Å². The van der Waals surface area contributed by atoms with Crippen molar-refractivity contribution in [1.29, 1.82) is 0 Å². The van der Waals surface area contributed by atoms with Gasteiger partial charge in [0.25, 0.3) is 0 Å². The maximum Gasteiger partial charge on any atom is 0.0763 e. The van der Waals surface area contributed by atoms with Crippen LogP contribution in [-0.4, -0.2) is 24.1 Å². The van der Waals surface area contributed by atoms with Gasteiger partial charge < -0.3 is 16.9 Å². The van der Waals surface area contributed by atoms with Gasteiger partial charge in [-0.1, -0.05) is 53.6 Å². The van der Waals surface area contributed by atoms with Gasteiger partial charge in [0, 0.05) is 30.4 Å². The summed E-state index contributed by atoms with van der Waals surface area (Å²) < 4.78 is 0. The third-order valence-corrected chi connectivity index (χ3v) is 5.63. The molecule has 1 unspecified atom stereocenters. The summed E-state index contributed by atoms with van der Waals surface area (Å²) in [6.07, 6.45) is 10.6. The maximum absolute atomic E-state index is 6.85. The van der Waals surface area contributed by atoms with Crippen LogP contribution in [0.3, 0.4) is 0 Å². The first kappa shape index (κ1) is 20.0. The molecular weight excluding hydrogens is 358 g/mol. The highest BCUT2D eigenvalue weighted by atomic mass is 35.5. The van der Waals surface area contributed by atoms with Gasteiger partial charge in [0.15, 0.2) is 0 Å². The summed E-state index contributed by atoms with van der Waals surface area (Å²) in [5.74, 6) is 0. The predicted molar refractivity (Wildman–Crippen MR) is 113 cm³/mol. The monoisotopic (exact) mass is 387 g/mol. The van der Waals surface area contributed by atoms with E-state index >= 15 is 0 Å². The Kier molecular flexibility index (Phi) is 7.35. The molecule has 1 saturated heterocycles. The van der Waals surface area contributed by atoms with Gasteiger partial charge in [-0.3, -0.25) is 0 Å². The molecule has 5 nitrogen and oxygen atoms in total. The van der Waals surface area contributed by atoms with Crippen molar-refractivity contribution in [2.75, 3.05) is 13.1 Å². The number of hydrogen-bond donors (Lipinski definition) is 4. The highest BCUT2D eigenvalue weighted by molar-refractivity contribution is 6.35. The number of nitrogens with one attached hydrogen (secondary N) is 2. The van der Waals surface area contributed by atoms with Gasteiger partial charge in [-0.05, 0) is 38.5 Å². The van der Waals surface area contributed by atoms with Crippen molar-refractivity contribution in [3.8, 4) is 0 Å². The normalized spacial score (nSPS) is 20.8. The molecule has 1 atom stereocenters. The lowest BCUT2D eigenvalue weighted by atomic mass is 9.89. The number of nitrogens with two attached hydrogens (primary N) is 2. The fourth-order valence-electron chi connectivity index (χ4n) is 3.63. The fraction of sp³-hybridized carbons (Fsp3) is 0.429. The highest BCUT2D eigenvalue weighted by Gasteiger charge is 2.22. The highest BCUT2D eigenvalue weighted by Crippen LogP contribution is 2.31. The van der Waals surface area contributed by atoms with Crippen molar-refractivity contribution in [1.82, 2.24) is 16.0 Å². The summed E-state index contributed by atoms with van der Waals surface area (Å²) >= 11 is 6.85. The molecule has 1 aliphatic carbocycles. The van der Waals surface area contributed by atoms with Crippen LogP contribution in [0.1, 0.15) is 44.1 Å². The quantitative estimate of drug-likeness (QED) is 0.328. The Morgan fingerprint density at radius 3 is 2.48 bits per heavy atom. The second kappa shape index (κ2) is 9.95. The minimum atomic E-state index is -0.282. The van der Waals surface area contributed by atoms with Crippen LogP contribution in [0.25, 0.3) is 5.70 Å². The SMILES string of the molecule is N/C=C(\C(Cl)=C(/NNN1CCCC1)c1ccccc1)C(N)C1=CCCCC1. The second-order valence-corrected chi connectivity index (χ2v) is 7.49. The zero-order valence-electron chi connectivity index (χ0n) is 15.8. The van der Waals surface area contributed by atoms with Crippen LogP contribution in [0.15, 0.2) is 58.8 Å². The molecule has 0 amide bonds. The molecule has 0 aromatic heterocycles. The van der Waals surface area contributed by atoms with Gasteiger partial charge >= 0.3 is 0 Å². The van der Waals surface area contributed by atoms with Crippen molar-refractivity contribution in [3.63, 3.8) is 0 Å². The Hall–Kier alpha value is -1.79. The lowest BCUT2D eigenvalue weighted by molar-refractivity contribution is 0.213. The maximum atomic E-state index is 6.85. The van der Waals surface area contributed by atoms with Crippen LogP contribution in [0.2, 0.25) is 0 Å². The van der Waals surface area contributed by atoms with Crippen molar-refractivity contribution in [2.45, 2.75) is 44.6 Å². The number of hydrazine groups is 2. The zero-order valence-corrected chi connectivity index (χ0v) is 16.5. The Bertz CT molecular complexity index is 705. The second-order valence-electron chi connectivity index (χ2n) is 7.11. The van der Waals surface area contributed by atoms with E-state index in [4.69, 9.17) is 23.1 Å². The molecule has 0 bridgehead atoms. The van der Waals surface area contributed by atoms with Crippen LogP contribution < -0.4 is 22.4 Å². The van der Waals surface area contributed by atoms with Gasteiger partial charge in [0.05, 0.1) is 16.8 Å². The number of rotatable bonds is 7. The van der Waals surface area contributed by atoms with Crippen LogP contribution in [0, 0.1) is 0 Å². The molecule has 1 aliphatic heterocycles. The lowest BCUT2D eigenvalue weighted by Crippen LogP contribution is -2.44. The van der Waals surface area contributed by atoms with Crippen LogP contribution in [0.4, 0.5) is 0 Å². The molecule has 0 radical (unpaired) electrons. The smallest absolute Gasteiger partial charge is 0.0763 e. The third kappa shape index (κ3) is 5.14. The van der Waals surface area contributed by atoms with Crippen molar-refractivity contribution in [3.05, 3.63) is 64.3 Å². The van der Waals surface area contributed by atoms with Crippen LogP contribution >= 0.6 is 11.6 Å². The molecule has 1 fully saturated rings. The summed E-state index contributed by atoms with van der Waals surface area (Å²) in [7, 11) is 0. The van der Waals surface area contributed by atoms with E-state index in [0.717, 1.165) is 42.8 Å². The summed E-state index contributed by atoms with van der Waals surface area (Å²) in [4.78, 5) is 0. The third-order valence-electron chi connectivity index (χ3n) is 5.22. The fourth-order valence-corrected chi connectivity index (χ4v) is 3.96.